The van der Waals surface area contributed by atoms with Crippen LogP contribution in [-0.2, 0) is 10.0 Å². The van der Waals surface area contributed by atoms with Gasteiger partial charge in [0.1, 0.15) is 5.01 Å². The summed E-state index contributed by atoms with van der Waals surface area (Å²) in [6, 6.07) is 21.7. The lowest BCUT2D eigenvalue weighted by atomic mass is 10.2. The van der Waals surface area contributed by atoms with E-state index in [1.165, 1.54) is 42.6 Å². The van der Waals surface area contributed by atoms with E-state index in [0.717, 1.165) is 9.87 Å². The molecule has 32 heavy (non-hydrogen) atoms. The Labute approximate surface area is 194 Å². The molecule has 1 N–H and O–H groups in total. The molecule has 4 rings (SSSR count). The quantitative estimate of drug-likeness (QED) is 0.418. The normalized spacial score (nSPS) is 11.2. The minimum atomic E-state index is -3.76. The number of sulfonamides is 1. The van der Waals surface area contributed by atoms with Gasteiger partial charge in [-0.2, -0.15) is 0 Å². The molecule has 4 aromatic rings. The first-order valence-corrected chi connectivity index (χ1v) is 12.0. The van der Waals surface area contributed by atoms with Crippen LogP contribution in [-0.4, -0.2) is 31.6 Å². The highest BCUT2D eigenvalue weighted by atomic mass is 35.5. The lowest BCUT2D eigenvalue weighted by molar-refractivity contribution is 0.102. The average Bonchev–Trinajstić information content (AvgIpc) is 3.28. The van der Waals surface area contributed by atoms with Crippen LogP contribution in [0, 0.1) is 0 Å². The van der Waals surface area contributed by atoms with E-state index in [9.17, 15) is 13.2 Å². The van der Waals surface area contributed by atoms with Crippen LogP contribution in [0.15, 0.2) is 83.8 Å². The number of amides is 1. The highest BCUT2D eigenvalue weighted by molar-refractivity contribution is 7.92. The standard InChI is InChI=1S/C22H17ClN4O3S2/c1-27(32(29,30)19-13-9-17(23)10-14-19)18-11-7-15(8-12-18)20(28)24-22-26-25-21(31-22)16-5-3-2-4-6-16/h2-14H,1H3,(H,24,26,28). The largest absolute Gasteiger partial charge is 0.296 e. The Morgan fingerprint density at radius 2 is 1.59 bits per heavy atom. The van der Waals surface area contributed by atoms with Gasteiger partial charge in [0.05, 0.1) is 10.6 Å². The zero-order valence-corrected chi connectivity index (χ0v) is 19.2. The molecule has 0 unspecified atom stereocenters. The third-order valence-electron chi connectivity index (χ3n) is 4.63. The highest BCUT2D eigenvalue weighted by Crippen LogP contribution is 2.27. The number of carbonyl (C=O) groups is 1. The number of carbonyl (C=O) groups excluding carboxylic acids is 1. The van der Waals surface area contributed by atoms with Gasteiger partial charge in [-0.3, -0.25) is 14.4 Å². The van der Waals surface area contributed by atoms with Crippen LogP contribution >= 0.6 is 22.9 Å². The van der Waals surface area contributed by atoms with E-state index in [0.29, 0.717) is 26.4 Å². The summed E-state index contributed by atoms with van der Waals surface area (Å²) in [5.74, 6) is -0.365. The lowest BCUT2D eigenvalue weighted by Crippen LogP contribution is -2.26. The number of hydrogen-bond donors (Lipinski definition) is 1. The van der Waals surface area contributed by atoms with Crippen molar-refractivity contribution in [1.29, 1.82) is 0 Å². The fourth-order valence-electron chi connectivity index (χ4n) is 2.87. The zero-order valence-electron chi connectivity index (χ0n) is 16.8. The SMILES string of the molecule is CN(c1ccc(C(=O)Nc2nnc(-c3ccccc3)s2)cc1)S(=O)(=O)c1ccc(Cl)cc1. The van der Waals surface area contributed by atoms with Gasteiger partial charge in [-0.1, -0.05) is 53.3 Å². The minimum absolute atomic E-state index is 0.122. The van der Waals surface area contributed by atoms with E-state index in [1.54, 1.807) is 24.3 Å². The van der Waals surface area contributed by atoms with Gasteiger partial charge >= 0.3 is 0 Å². The van der Waals surface area contributed by atoms with Crippen molar-refractivity contribution >= 4 is 49.7 Å². The van der Waals surface area contributed by atoms with Gasteiger partial charge in [0, 0.05) is 23.2 Å². The number of rotatable bonds is 6. The molecule has 0 aliphatic rings. The molecule has 0 bridgehead atoms. The van der Waals surface area contributed by atoms with Gasteiger partial charge in [-0.15, -0.1) is 10.2 Å². The molecule has 0 saturated heterocycles. The van der Waals surface area contributed by atoms with Crippen molar-refractivity contribution < 1.29 is 13.2 Å². The minimum Gasteiger partial charge on any atom is -0.296 e. The van der Waals surface area contributed by atoms with Crippen LogP contribution in [0.5, 0.6) is 0 Å². The first kappa shape index (κ1) is 21.9. The van der Waals surface area contributed by atoms with Crippen LogP contribution in [0.1, 0.15) is 10.4 Å². The number of nitrogens with zero attached hydrogens (tertiary/aromatic N) is 3. The molecule has 0 atom stereocenters. The fraction of sp³-hybridized carbons (Fsp3) is 0.0455. The molecule has 1 aromatic heterocycles. The van der Waals surface area contributed by atoms with Crippen LogP contribution in [0.2, 0.25) is 5.02 Å². The van der Waals surface area contributed by atoms with E-state index >= 15 is 0 Å². The van der Waals surface area contributed by atoms with Crippen molar-refractivity contribution in [3.05, 3.63) is 89.4 Å². The Morgan fingerprint density at radius 1 is 0.938 bits per heavy atom. The van der Waals surface area contributed by atoms with E-state index in [2.05, 4.69) is 15.5 Å². The Balaban J connectivity index is 1.47. The molecule has 7 nitrogen and oxygen atoms in total. The molecule has 0 aliphatic carbocycles. The Hall–Kier alpha value is -3.27. The summed E-state index contributed by atoms with van der Waals surface area (Å²) in [6.45, 7) is 0. The number of benzene rings is 3. The maximum atomic E-state index is 12.8. The second kappa shape index (κ2) is 9.07. The van der Waals surface area contributed by atoms with Gasteiger partial charge < -0.3 is 0 Å². The summed E-state index contributed by atoms with van der Waals surface area (Å²) in [5, 5.41) is 12.4. The van der Waals surface area contributed by atoms with Crippen molar-refractivity contribution in [2.45, 2.75) is 4.90 Å². The van der Waals surface area contributed by atoms with Gasteiger partial charge in [-0.25, -0.2) is 8.42 Å². The summed E-state index contributed by atoms with van der Waals surface area (Å²) in [4.78, 5) is 12.7. The molecular weight excluding hydrogens is 468 g/mol. The van der Waals surface area contributed by atoms with Crippen LogP contribution in [0.3, 0.4) is 0 Å². The second-order valence-corrected chi connectivity index (χ2v) is 10.1. The first-order chi connectivity index (χ1) is 15.3. The van der Waals surface area contributed by atoms with Crippen molar-refractivity contribution in [3.8, 4) is 10.6 Å². The summed E-state index contributed by atoms with van der Waals surface area (Å²) >= 11 is 7.11. The monoisotopic (exact) mass is 484 g/mol. The number of nitrogens with one attached hydrogen (secondary N) is 1. The number of halogens is 1. The molecule has 0 fully saturated rings. The van der Waals surface area contributed by atoms with E-state index in [1.807, 2.05) is 30.3 Å². The van der Waals surface area contributed by atoms with Gasteiger partial charge in [-0.05, 0) is 48.5 Å². The molecule has 1 amide bonds. The van der Waals surface area contributed by atoms with E-state index in [-0.39, 0.29) is 10.8 Å². The number of hydrogen-bond acceptors (Lipinski definition) is 6. The molecular formula is C22H17ClN4O3S2. The third kappa shape index (κ3) is 4.64. The Bertz CT molecular complexity index is 1340. The molecule has 0 aliphatic heterocycles. The van der Waals surface area contributed by atoms with E-state index in [4.69, 9.17) is 11.6 Å². The molecule has 0 saturated carbocycles. The Kier molecular flexibility index (Phi) is 6.22. The third-order valence-corrected chi connectivity index (χ3v) is 7.57. The second-order valence-electron chi connectivity index (χ2n) is 6.71. The summed E-state index contributed by atoms with van der Waals surface area (Å²) < 4.78 is 26.8. The van der Waals surface area contributed by atoms with Crippen molar-refractivity contribution in [3.63, 3.8) is 0 Å². The van der Waals surface area contributed by atoms with Gasteiger partial charge in [0.2, 0.25) is 5.13 Å². The maximum absolute atomic E-state index is 12.8. The molecule has 1 heterocycles. The number of aromatic nitrogens is 2. The van der Waals surface area contributed by atoms with Crippen LogP contribution in [0.25, 0.3) is 10.6 Å². The highest BCUT2D eigenvalue weighted by Gasteiger charge is 2.21. The molecule has 0 spiro atoms. The predicted molar refractivity (Wildman–Crippen MR) is 127 cm³/mol. The van der Waals surface area contributed by atoms with Crippen molar-refractivity contribution in [1.82, 2.24) is 10.2 Å². The first-order valence-electron chi connectivity index (χ1n) is 9.39. The molecule has 10 heteroatoms. The van der Waals surface area contributed by atoms with Gasteiger partial charge in [0.25, 0.3) is 15.9 Å². The van der Waals surface area contributed by atoms with E-state index < -0.39 is 10.0 Å². The topological polar surface area (TPSA) is 92.3 Å². The van der Waals surface area contributed by atoms with Crippen LogP contribution in [0.4, 0.5) is 10.8 Å². The lowest BCUT2D eigenvalue weighted by Gasteiger charge is -2.19. The maximum Gasteiger partial charge on any atom is 0.264 e. The summed E-state index contributed by atoms with van der Waals surface area (Å²) in [5.41, 5.74) is 1.70. The molecule has 3 aromatic carbocycles. The Morgan fingerprint density at radius 3 is 2.25 bits per heavy atom. The van der Waals surface area contributed by atoms with Crippen molar-refractivity contribution in [2.75, 3.05) is 16.7 Å². The fourth-order valence-corrected chi connectivity index (χ4v) is 4.93. The smallest absolute Gasteiger partial charge is 0.264 e. The molecule has 162 valence electrons. The average molecular weight is 485 g/mol. The summed E-state index contributed by atoms with van der Waals surface area (Å²) in [7, 11) is -2.31. The predicted octanol–water partition coefficient (Wildman–Crippen LogP) is 4.94. The summed E-state index contributed by atoms with van der Waals surface area (Å²) in [6.07, 6.45) is 0. The molecule has 0 radical (unpaired) electrons. The van der Waals surface area contributed by atoms with Crippen molar-refractivity contribution in [2.24, 2.45) is 0 Å². The van der Waals surface area contributed by atoms with Crippen LogP contribution < -0.4 is 9.62 Å². The van der Waals surface area contributed by atoms with Gasteiger partial charge in [0.15, 0.2) is 0 Å². The number of anilines is 2. The zero-order chi connectivity index (χ0) is 22.7.